The summed E-state index contributed by atoms with van der Waals surface area (Å²) in [5.74, 6) is -0.615. The van der Waals surface area contributed by atoms with Crippen molar-refractivity contribution in [3.8, 4) is 0 Å². The Hall–Kier alpha value is -1.96. The Labute approximate surface area is 119 Å². The number of ether oxygens (including phenoxy) is 1. The van der Waals surface area contributed by atoms with E-state index in [0.29, 0.717) is 29.8 Å². The van der Waals surface area contributed by atoms with Gasteiger partial charge in [0.2, 0.25) is 5.91 Å². The van der Waals surface area contributed by atoms with Gasteiger partial charge in [0, 0.05) is 11.3 Å². The Balaban J connectivity index is 2.33. The van der Waals surface area contributed by atoms with E-state index in [4.69, 9.17) is 0 Å². The quantitative estimate of drug-likeness (QED) is 0.521. The van der Waals surface area contributed by atoms with E-state index in [9.17, 15) is 19.7 Å². The highest BCUT2D eigenvalue weighted by Crippen LogP contribution is 2.42. The molecule has 1 aromatic heterocycles. The smallest absolute Gasteiger partial charge is 0.306 e. The van der Waals surface area contributed by atoms with Crippen LogP contribution in [0.3, 0.4) is 0 Å². The number of carbonyl (C=O) groups excluding carboxylic acids is 2. The first-order valence-corrected chi connectivity index (χ1v) is 7.00. The zero-order chi connectivity index (χ0) is 14.7. The molecule has 1 aromatic rings. The number of thiophene rings is 1. The van der Waals surface area contributed by atoms with Crippen LogP contribution in [0, 0.1) is 10.1 Å². The van der Waals surface area contributed by atoms with Gasteiger partial charge in [-0.3, -0.25) is 19.7 Å². The van der Waals surface area contributed by atoms with Crippen LogP contribution in [0.2, 0.25) is 0 Å². The van der Waals surface area contributed by atoms with Crippen molar-refractivity contribution in [3.05, 3.63) is 19.9 Å². The Morgan fingerprint density at radius 1 is 1.50 bits per heavy atom. The Morgan fingerprint density at radius 3 is 2.90 bits per heavy atom. The molecule has 0 atom stereocenters. The number of nitrogens with one attached hydrogen (secondary N) is 1. The topological polar surface area (TPSA) is 98.5 Å². The van der Waals surface area contributed by atoms with E-state index < -0.39 is 10.9 Å². The molecule has 0 radical (unpaired) electrons. The van der Waals surface area contributed by atoms with E-state index in [2.05, 4.69) is 10.1 Å². The van der Waals surface area contributed by atoms with Crippen LogP contribution in [-0.2, 0) is 27.2 Å². The van der Waals surface area contributed by atoms with Crippen LogP contribution in [0.15, 0.2) is 0 Å². The number of hydrogen-bond donors (Lipinski definition) is 1. The lowest BCUT2D eigenvalue weighted by Gasteiger charge is -2.01. The number of rotatable bonds is 4. The van der Waals surface area contributed by atoms with Crippen molar-refractivity contribution in [2.75, 3.05) is 12.4 Å². The van der Waals surface area contributed by atoms with Crippen LogP contribution in [0.25, 0.3) is 0 Å². The highest BCUT2D eigenvalue weighted by molar-refractivity contribution is 7.13. The summed E-state index contributed by atoms with van der Waals surface area (Å²) in [6.07, 6.45) is 2.02. The fourth-order valence-corrected chi connectivity index (χ4v) is 3.39. The standard InChI is InChI=1S/C12H14N2O5S/c1-19-10(16)6-5-8-12(14(17)18)11-7(20-8)3-2-4-9(15)13-11/h2-6H2,1H3,(H,13,15). The van der Waals surface area contributed by atoms with Crippen LogP contribution in [0.4, 0.5) is 11.4 Å². The fourth-order valence-electron chi connectivity index (χ4n) is 2.12. The number of nitro groups is 1. The molecule has 8 heteroatoms. The highest BCUT2D eigenvalue weighted by atomic mass is 32.1. The summed E-state index contributed by atoms with van der Waals surface area (Å²) in [5, 5.41) is 13.8. The number of aryl methyl sites for hydroxylation is 2. The first kappa shape index (κ1) is 14.4. The Kier molecular flexibility index (Phi) is 4.33. The molecule has 108 valence electrons. The highest BCUT2D eigenvalue weighted by Gasteiger charge is 2.30. The first-order chi connectivity index (χ1) is 9.52. The van der Waals surface area contributed by atoms with Gasteiger partial charge in [-0.25, -0.2) is 0 Å². The summed E-state index contributed by atoms with van der Waals surface area (Å²) < 4.78 is 4.54. The zero-order valence-electron chi connectivity index (χ0n) is 10.9. The van der Waals surface area contributed by atoms with Gasteiger partial charge >= 0.3 is 11.7 Å². The Bertz CT molecular complexity index is 566. The van der Waals surface area contributed by atoms with Crippen molar-refractivity contribution in [2.45, 2.75) is 32.1 Å². The average molecular weight is 298 g/mol. The van der Waals surface area contributed by atoms with Gasteiger partial charge < -0.3 is 10.1 Å². The third-order valence-corrected chi connectivity index (χ3v) is 4.36. The summed E-state index contributed by atoms with van der Waals surface area (Å²) in [6.45, 7) is 0. The SMILES string of the molecule is COC(=O)CCc1sc2c(c1[N+](=O)[O-])NC(=O)CCC2. The molecule has 1 aliphatic heterocycles. The second-order valence-electron chi connectivity index (χ2n) is 4.41. The van der Waals surface area contributed by atoms with Gasteiger partial charge in [-0.1, -0.05) is 0 Å². The maximum Gasteiger partial charge on any atom is 0.306 e. The van der Waals surface area contributed by atoms with Crippen molar-refractivity contribution in [3.63, 3.8) is 0 Å². The van der Waals surface area contributed by atoms with Gasteiger partial charge in [0.15, 0.2) is 0 Å². The predicted octanol–water partition coefficient (Wildman–Crippen LogP) is 2.04. The number of esters is 1. The molecule has 0 aromatic carbocycles. The van der Waals surface area contributed by atoms with E-state index >= 15 is 0 Å². The molecule has 0 fully saturated rings. The molecule has 2 heterocycles. The van der Waals surface area contributed by atoms with Gasteiger partial charge in [0.25, 0.3) is 0 Å². The third-order valence-electron chi connectivity index (χ3n) is 3.06. The van der Waals surface area contributed by atoms with Crippen molar-refractivity contribution in [2.24, 2.45) is 0 Å². The number of anilines is 1. The molecular formula is C12H14N2O5S. The van der Waals surface area contributed by atoms with E-state index in [0.717, 1.165) is 4.88 Å². The number of nitrogens with zero attached hydrogens (tertiary/aromatic N) is 1. The molecule has 0 saturated carbocycles. The first-order valence-electron chi connectivity index (χ1n) is 6.18. The summed E-state index contributed by atoms with van der Waals surface area (Å²) >= 11 is 1.29. The summed E-state index contributed by atoms with van der Waals surface area (Å²) in [6, 6.07) is 0. The number of methoxy groups -OCH3 is 1. The molecule has 0 bridgehead atoms. The van der Waals surface area contributed by atoms with E-state index in [1.807, 2.05) is 0 Å². The van der Waals surface area contributed by atoms with Crippen LogP contribution in [0.5, 0.6) is 0 Å². The molecule has 7 nitrogen and oxygen atoms in total. The second kappa shape index (κ2) is 6.00. The van der Waals surface area contributed by atoms with Gasteiger partial charge in [0.1, 0.15) is 5.69 Å². The minimum absolute atomic E-state index is 0.0795. The van der Waals surface area contributed by atoms with E-state index in [1.54, 1.807) is 0 Å². The number of fused-ring (bicyclic) bond motifs is 1. The lowest BCUT2D eigenvalue weighted by atomic mass is 10.2. The third kappa shape index (κ3) is 2.96. The molecule has 0 spiro atoms. The van der Waals surface area contributed by atoms with Gasteiger partial charge in [-0.15, -0.1) is 11.3 Å². The summed E-state index contributed by atoms with van der Waals surface area (Å²) in [4.78, 5) is 34.8. The van der Waals surface area contributed by atoms with Crippen molar-refractivity contribution in [1.82, 2.24) is 0 Å². The molecule has 1 amide bonds. The normalized spacial score (nSPS) is 14.2. The molecule has 2 rings (SSSR count). The van der Waals surface area contributed by atoms with Crippen molar-refractivity contribution >= 4 is 34.6 Å². The monoisotopic (exact) mass is 298 g/mol. The summed E-state index contributed by atoms with van der Waals surface area (Å²) in [5.41, 5.74) is 0.228. The average Bonchev–Trinajstić information content (AvgIpc) is 2.64. The van der Waals surface area contributed by atoms with Crippen LogP contribution < -0.4 is 5.32 Å². The molecule has 0 aliphatic carbocycles. The predicted molar refractivity (Wildman–Crippen MR) is 72.9 cm³/mol. The lowest BCUT2D eigenvalue weighted by Crippen LogP contribution is -2.10. The van der Waals surface area contributed by atoms with E-state index in [1.165, 1.54) is 18.4 Å². The van der Waals surface area contributed by atoms with Gasteiger partial charge in [0.05, 0.1) is 23.3 Å². The number of hydrogen-bond acceptors (Lipinski definition) is 6. The van der Waals surface area contributed by atoms with Crippen LogP contribution in [-0.4, -0.2) is 23.9 Å². The van der Waals surface area contributed by atoms with Gasteiger partial charge in [-0.2, -0.15) is 0 Å². The molecular weight excluding hydrogens is 284 g/mol. The van der Waals surface area contributed by atoms with Crippen molar-refractivity contribution < 1.29 is 19.2 Å². The molecule has 1 aliphatic rings. The van der Waals surface area contributed by atoms with Gasteiger partial charge in [-0.05, 0) is 19.3 Å². The summed E-state index contributed by atoms with van der Waals surface area (Å²) in [7, 11) is 1.28. The Morgan fingerprint density at radius 2 is 2.25 bits per heavy atom. The minimum atomic E-state index is -0.493. The number of carbonyl (C=O) groups is 2. The maximum atomic E-state index is 11.5. The van der Waals surface area contributed by atoms with Crippen LogP contribution >= 0.6 is 11.3 Å². The molecule has 0 unspecified atom stereocenters. The van der Waals surface area contributed by atoms with Crippen LogP contribution in [0.1, 0.15) is 29.0 Å². The van der Waals surface area contributed by atoms with E-state index in [-0.39, 0.29) is 24.4 Å². The number of amides is 1. The largest absolute Gasteiger partial charge is 0.469 e. The minimum Gasteiger partial charge on any atom is -0.469 e. The second-order valence-corrected chi connectivity index (χ2v) is 5.60. The zero-order valence-corrected chi connectivity index (χ0v) is 11.7. The van der Waals surface area contributed by atoms with Crippen molar-refractivity contribution in [1.29, 1.82) is 0 Å². The molecule has 1 N–H and O–H groups in total. The molecule has 0 saturated heterocycles. The fraction of sp³-hybridized carbons (Fsp3) is 0.500. The lowest BCUT2D eigenvalue weighted by molar-refractivity contribution is -0.384. The molecule has 20 heavy (non-hydrogen) atoms. The maximum absolute atomic E-state index is 11.5.